The summed E-state index contributed by atoms with van der Waals surface area (Å²) < 4.78 is 10.5. The molecule has 0 radical (unpaired) electrons. The second-order valence-electron chi connectivity index (χ2n) is 4.43. The summed E-state index contributed by atoms with van der Waals surface area (Å²) in [6, 6.07) is 5.51. The third kappa shape index (κ3) is 3.17. The molecule has 1 aliphatic heterocycles. The quantitative estimate of drug-likeness (QED) is 0.774. The highest BCUT2D eigenvalue weighted by molar-refractivity contribution is 6.04. The van der Waals surface area contributed by atoms with Crippen LogP contribution in [0, 0.1) is 0 Å². The van der Waals surface area contributed by atoms with E-state index in [2.05, 4.69) is 10.6 Å². The van der Waals surface area contributed by atoms with Gasteiger partial charge in [0.15, 0.2) is 0 Å². The molecule has 0 saturated heterocycles. The monoisotopic (exact) mass is 264 g/mol. The van der Waals surface area contributed by atoms with Crippen LogP contribution in [0.5, 0.6) is 5.75 Å². The lowest BCUT2D eigenvalue weighted by Gasteiger charge is -2.28. The van der Waals surface area contributed by atoms with Gasteiger partial charge >= 0.3 is 0 Å². The zero-order chi connectivity index (χ0) is 13.7. The summed E-state index contributed by atoms with van der Waals surface area (Å²) >= 11 is 0. The summed E-state index contributed by atoms with van der Waals surface area (Å²) in [4.78, 5) is 12.0. The molecule has 1 unspecified atom stereocenters. The molecule has 0 bridgehead atoms. The van der Waals surface area contributed by atoms with Gasteiger partial charge in [-0.05, 0) is 31.9 Å². The van der Waals surface area contributed by atoms with Gasteiger partial charge in [-0.1, -0.05) is 6.07 Å². The number of rotatable bonds is 6. The second-order valence-corrected chi connectivity index (χ2v) is 4.43. The van der Waals surface area contributed by atoms with Gasteiger partial charge < -0.3 is 20.1 Å². The number of benzene rings is 1. The van der Waals surface area contributed by atoms with Crippen LogP contribution in [-0.2, 0) is 9.53 Å². The van der Waals surface area contributed by atoms with E-state index in [0.717, 1.165) is 24.2 Å². The molecule has 19 heavy (non-hydrogen) atoms. The molecule has 0 fully saturated rings. The summed E-state index contributed by atoms with van der Waals surface area (Å²) in [6.07, 6.45) is 1.60. The van der Waals surface area contributed by atoms with Gasteiger partial charge in [0.1, 0.15) is 17.5 Å². The standard InChI is InChI=1S/C14H20N2O3/c1-3-19-12-8-4-6-10-13(12)16-14(17)11(15-10)7-5-9-18-2/h4,6,8,11,15H,3,5,7,9H2,1-2H3,(H,16,17). The molecular formula is C14H20N2O3. The molecule has 1 atom stereocenters. The van der Waals surface area contributed by atoms with Crippen molar-refractivity contribution in [2.75, 3.05) is 31.0 Å². The molecule has 1 aromatic carbocycles. The van der Waals surface area contributed by atoms with Crippen LogP contribution in [0.2, 0.25) is 0 Å². The first-order valence-corrected chi connectivity index (χ1v) is 6.58. The molecule has 2 rings (SSSR count). The minimum atomic E-state index is -0.209. The minimum Gasteiger partial charge on any atom is -0.492 e. The average Bonchev–Trinajstić information content (AvgIpc) is 2.41. The molecule has 1 heterocycles. The van der Waals surface area contributed by atoms with E-state index in [1.54, 1.807) is 7.11 Å². The van der Waals surface area contributed by atoms with Gasteiger partial charge in [-0.3, -0.25) is 4.79 Å². The Labute approximate surface area is 113 Å². The number of carbonyl (C=O) groups is 1. The summed E-state index contributed by atoms with van der Waals surface area (Å²) in [7, 11) is 1.66. The number of fused-ring (bicyclic) bond motifs is 1. The number of carbonyl (C=O) groups excluding carboxylic acids is 1. The zero-order valence-electron chi connectivity index (χ0n) is 11.4. The highest BCUT2D eigenvalue weighted by Gasteiger charge is 2.26. The Kier molecular flexibility index (Phi) is 4.63. The number of amides is 1. The van der Waals surface area contributed by atoms with Gasteiger partial charge in [-0.15, -0.1) is 0 Å². The Hall–Kier alpha value is -1.75. The molecule has 0 aromatic heterocycles. The van der Waals surface area contributed by atoms with Crippen molar-refractivity contribution in [3.8, 4) is 5.75 Å². The first-order valence-electron chi connectivity index (χ1n) is 6.58. The molecule has 104 valence electrons. The minimum absolute atomic E-state index is 0.0178. The molecule has 0 saturated carbocycles. The highest BCUT2D eigenvalue weighted by atomic mass is 16.5. The van der Waals surface area contributed by atoms with Crippen LogP contribution in [0.3, 0.4) is 0 Å². The van der Waals surface area contributed by atoms with Crippen molar-refractivity contribution in [3.05, 3.63) is 18.2 Å². The molecule has 0 spiro atoms. The lowest BCUT2D eigenvalue weighted by Crippen LogP contribution is -2.39. The van der Waals surface area contributed by atoms with E-state index in [4.69, 9.17) is 9.47 Å². The summed E-state index contributed by atoms with van der Waals surface area (Å²) in [6.45, 7) is 3.16. The van der Waals surface area contributed by atoms with Gasteiger partial charge in [-0.2, -0.15) is 0 Å². The highest BCUT2D eigenvalue weighted by Crippen LogP contribution is 2.36. The summed E-state index contributed by atoms with van der Waals surface area (Å²) in [5, 5.41) is 6.18. The Balaban J connectivity index is 2.10. The van der Waals surface area contributed by atoms with E-state index in [9.17, 15) is 4.79 Å². The molecular weight excluding hydrogens is 244 g/mol. The Morgan fingerprint density at radius 2 is 2.21 bits per heavy atom. The van der Waals surface area contributed by atoms with Crippen LogP contribution in [0.1, 0.15) is 19.8 Å². The number of nitrogens with one attached hydrogen (secondary N) is 2. The van der Waals surface area contributed by atoms with Gasteiger partial charge in [0.05, 0.1) is 12.3 Å². The van der Waals surface area contributed by atoms with Crippen molar-refractivity contribution >= 4 is 17.3 Å². The topological polar surface area (TPSA) is 59.6 Å². The summed E-state index contributed by atoms with van der Waals surface area (Å²) in [5.41, 5.74) is 1.64. The third-order valence-corrected chi connectivity index (χ3v) is 3.06. The number of hydrogen-bond acceptors (Lipinski definition) is 4. The van der Waals surface area contributed by atoms with Crippen molar-refractivity contribution < 1.29 is 14.3 Å². The fourth-order valence-electron chi connectivity index (χ4n) is 2.15. The Morgan fingerprint density at radius 3 is 2.95 bits per heavy atom. The van der Waals surface area contributed by atoms with Crippen LogP contribution in [-0.4, -0.2) is 32.3 Å². The van der Waals surface area contributed by atoms with Crippen molar-refractivity contribution in [3.63, 3.8) is 0 Å². The maximum atomic E-state index is 12.0. The zero-order valence-corrected chi connectivity index (χ0v) is 11.4. The van der Waals surface area contributed by atoms with E-state index in [1.807, 2.05) is 25.1 Å². The number of ether oxygens (including phenoxy) is 2. The number of methoxy groups -OCH3 is 1. The van der Waals surface area contributed by atoms with E-state index in [0.29, 0.717) is 19.0 Å². The first-order chi connectivity index (χ1) is 9.26. The van der Waals surface area contributed by atoms with Crippen LogP contribution >= 0.6 is 0 Å². The van der Waals surface area contributed by atoms with Crippen molar-refractivity contribution in [2.24, 2.45) is 0 Å². The predicted molar refractivity (Wildman–Crippen MR) is 74.8 cm³/mol. The van der Waals surface area contributed by atoms with Crippen LogP contribution in [0.25, 0.3) is 0 Å². The second kappa shape index (κ2) is 6.43. The third-order valence-electron chi connectivity index (χ3n) is 3.06. The van der Waals surface area contributed by atoms with Gasteiger partial charge in [-0.25, -0.2) is 0 Å². The van der Waals surface area contributed by atoms with Crippen LogP contribution < -0.4 is 15.4 Å². The van der Waals surface area contributed by atoms with Crippen molar-refractivity contribution in [1.82, 2.24) is 0 Å². The average molecular weight is 264 g/mol. The lowest BCUT2D eigenvalue weighted by atomic mass is 10.1. The molecule has 1 aromatic rings. The molecule has 1 amide bonds. The van der Waals surface area contributed by atoms with Gasteiger partial charge in [0.2, 0.25) is 5.91 Å². The molecule has 1 aliphatic rings. The van der Waals surface area contributed by atoms with Gasteiger partial charge in [0.25, 0.3) is 0 Å². The van der Waals surface area contributed by atoms with Crippen molar-refractivity contribution in [2.45, 2.75) is 25.8 Å². The lowest BCUT2D eigenvalue weighted by molar-refractivity contribution is -0.117. The summed E-state index contributed by atoms with van der Waals surface area (Å²) in [5.74, 6) is 0.687. The molecule has 0 aliphatic carbocycles. The molecule has 2 N–H and O–H groups in total. The number of anilines is 2. The van der Waals surface area contributed by atoms with E-state index >= 15 is 0 Å². The normalized spacial score (nSPS) is 17.4. The van der Waals surface area contributed by atoms with Gasteiger partial charge in [0, 0.05) is 13.7 Å². The Morgan fingerprint density at radius 1 is 1.37 bits per heavy atom. The van der Waals surface area contributed by atoms with E-state index < -0.39 is 0 Å². The molecule has 5 heteroatoms. The smallest absolute Gasteiger partial charge is 0.247 e. The maximum absolute atomic E-state index is 12.0. The number of para-hydroxylation sites is 1. The SMILES string of the molecule is CCOc1cccc2c1NC(=O)C(CCCOC)N2. The fraction of sp³-hybridized carbons (Fsp3) is 0.500. The van der Waals surface area contributed by atoms with Crippen molar-refractivity contribution in [1.29, 1.82) is 0 Å². The predicted octanol–water partition coefficient (Wildman–Crippen LogP) is 2.24. The van der Waals surface area contributed by atoms with Crippen LogP contribution in [0.15, 0.2) is 18.2 Å². The maximum Gasteiger partial charge on any atom is 0.247 e. The number of hydrogen-bond donors (Lipinski definition) is 2. The first kappa shape index (κ1) is 13.7. The fourth-order valence-corrected chi connectivity index (χ4v) is 2.15. The largest absolute Gasteiger partial charge is 0.492 e. The van der Waals surface area contributed by atoms with E-state index in [1.165, 1.54) is 0 Å². The molecule has 5 nitrogen and oxygen atoms in total. The van der Waals surface area contributed by atoms with Crippen LogP contribution in [0.4, 0.5) is 11.4 Å². The van der Waals surface area contributed by atoms with E-state index in [-0.39, 0.29) is 11.9 Å². The Bertz CT molecular complexity index is 448.